The average molecular weight is 434 g/mol. The van der Waals surface area contributed by atoms with E-state index < -0.39 is 76.1 Å². The summed E-state index contributed by atoms with van der Waals surface area (Å²) >= 11 is 0. The highest BCUT2D eigenvalue weighted by Gasteiger charge is 2.37. The second-order valence-electron chi connectivity index (χ2n) is 5.50. The Labute approximate surface area is 154 Å². The molecule has 0 fully saturated rings. The van der Waals surface area contributed by atoms with Gasteiger partial charge in [-0.3, -0.25) is 0 Å². The fourth-order valence-electron chi connectivity index (χ4n) is 2.21. The number of aromatic hydroxyl groups is 1. The van der Waals surface area contributed by atoms with Gasteiger partial charge in [0, 0.05) is 0 Å². The van der Waals surface area contributed by atoms with Crippen molar-refractivity contribution in [3.8, 4) is 11.5 Å². The normalized spacial score (nSPS) is 12.2. The molecule has 2 aromatic carbocycles. The minimum atomic E-state index is -5.19. The Morgan fingerprint density at radius 1 is 0.862 bits per heavy atom. The number of carboxylic acid groups (broad SMARTS) is 1. The molecule has 0 unspecified atom stereocenters. The first-order valence-electron chi connectivity index (χ1n) is 7.18. The summed E-state index contributed by atoms with van der Waals surface area (Å²) in [5, 5.41) is 17.9. The first kappa shape index (κ1) is 22.2. The van der Waals surface area contributed by atoms with Crippen LogP contribution in [-0.4, -0.2) is 16.2 Å². The molecule has 2 rings (SSSR count). The molecule has 0 aliphatic heterocycles. The van der Waals surface area contributed by atoms with Crippen LogP contribution < -0.4 is 4.74 Å². The summed E-state index contributed by atoms with van der Waals surface area (Å²) in [6, 6.07) is 0.206. The van der Waals surface area contributed by atoms with Gasteiger partial charge in [-0.15, -0.1) is 0 Å². The zero-order valence-corrected chi connectivity index (χ0v) is 13.6. The standard InChI is InChI=1S/C16H7F9O4/c17-9-8(14(27)28)12(26)11(19)13(10(9)18)29-4-5-1-6(15(20,21)22)3-7(2-5)16(23,24)25/h1-3,26H,4H2,(H,27,28). The number of phenols is 1. The number of ether oxygens (including phenoxy) is 1. The monoisotopic (exact) mass is 434 g/mol. The average Bonchev–Trinajstić information content (AvgIpc) is 2.58. The number of rotatable bonds is 4. The van der Waals surface area contributed by atoms with Crippen molar-refractivity contribution in [2.24, 2.45) is 0 Å². The highest BCUT2D eigenvalue weighted by Crippen LogP contribution is 2.38. The molecule has 158 valence electrons. The zero-order chi connectivity index (χ0) is 22.3. The molecule has 13 heteroatoms. The van der Waals surface area contributed by atoms with Gasteiger partial charge in [-0.1, -0.05) is 0 Å². The maximum atomic E-state index is 13.9. The van der Waals surface area contributed by atoms with Crippen molar-refractivity contribution in [3.63, 3.8) is 0 Å². The molecule has 0 radical (unpaired) electrons. The summed E-state index contributed by atoms with van der Waals surface area (Å²) in [6.45, 7) is -1.30. The van der Waals surface area contributed by atoms with Gasteiger partial charge in [0.15, 0.2) is 17.3 Å². The number of alkyl halides is 6. The molecule has 4 nitrogen and oxygen atoms in total. The molecule has 0 aliphatic rings. The topological polar surface area (TPSA) is 66.8 Å². The molecule has 0 bridgehead atoms. The molecular formula is C16H7F9O4. The highest BCUT2D eigenvalue weighted by atomic mass is 19.4. The molecule has 0 saturated carbocycles. The lowest BCUT2D eigenvalue weighted by Gasteiger charge is -2.15. The van der Waals surface area contributed by atoms with Crippen molar-refractivity contribution in [3.05, 3.63) is 57.9 Å². The summed E-state index contributed by atoms with van der Waals surface area (Å²) in [6.07, 6.45) is -10.4. The van der Waals surface area contributed by atoms with Crippen LogP contribution in [0.5, 0.6) is 11.5 Å². The fourth-order valence-corrected chi connectivity index (χ4v) is 2.21. The van der Waals surface area contributed by atoms with E-state index in [9.17, 15) is 49.4 Å². The van der Waals surface area contributed by atoms with E-state index in [0.717, 1.165) is 0 Å². The van der Waals surface area contributed by atoms with Crippen LogP contribution in [0.4, 0.5) is 39.5 Å². The number of hydrogen-bond acceptors (Lipinski definition) is 3. The molecule has 0 atom stereocenters. The molecule has 0 aromatic heterocycles. The first-order valence-corrected chi connectivity index (χ1v) is 7.18. The van der Waals surface area contributed by atoms with Crippen molar-refractivity contribution in [1.82, 2.24) is 0 Å². The SMILES string of the molecule is O=C(O)c1c(O)c(F)c(OCc2cc(C(F)(F)F)cc(C(F)(F)F)c2)c(F)c1F. The third kappa shape index (κ3) is 4.49. The van der Waals surface area contributed by atoms with Crippen molar-refractivity contribution in [2.45, 2.75) is 19.0 Å². The van der Waals surface area contributed by atoms with E-state index in [1.54, 1.807) is 0 Å². The smallest absolute Gasteiger partial charge is 0.416 e. The van der Waals surface area contributed by atoms with Crippen LogP contribution in [0.15, 0.2) is 18.2 Å². The van der Waals surface area contributed by atoms with Crippen LogP contribution in [0.25, 0.3) is 0 Å². The molecular weight excluding hydrogens is 427 g/mol. The van der Waals surface area contributed by atoms with Crippen molar-refractivity contribution >= 4 is 5.97 Å². The van der Waals surface area contributed by atoms with E-state index in [1.165, 1.54) is 0 Å². The van der Waals surface area contributed by atoms with Crippen LogP contribution in [0, 0.1) is 17.5 Å². The Bertz CT molecular complexity index is 903. The molecule has 2 N–H and O–H groups in total. The number of hydrogen-bond donors (Lipinski definition) is 2. The summed E-state index contributed by atoms with van der Waals surface area (Å²) in [5.41, 5.74) is -6.08. The largest absolute Gasteiger partial charge is 0.504 e. The van der Waals surface area contributed by atoms with Gasteiger partial charge in [0.05, 0.1) is 11.1 Å². The molecule has 0 saturated heterocycles. The minimum Gasteiger partial charge on any atom is -0.504 e. The Kier molecular flexibility index (Phi) is 5.63. The Morgan fingerprint density at radius 2 is 1.34 bits per heavy atom. The minimum absolute atomic E-state index is 0.197. The van der Waals surface area contributed by atoms with Gasteiger partial charge >= 0.3 is 18.3 Å². The van der Waals surface area contributed by atoms with Gasteiger partial charge in [0.1, 0.15) is 12.2 Å². The lowest BCUT2D eigenvalue weighted by molar-refractivity contribution is -0.143. The van der Waals surface area contributed by atoms with Crippen LogP contribution in [0.3, 0.4) is 0 Å². The molecule has 29 heavy (non-hydrogen) atoms. The van der Waals surface area contributed by atoms with E-state index in [2.05, 4.69) is 4.74 Å². The molecule has 0 spiro atoms. The van der Waals surface area contributed by atoms with E-state index in [0.29, 0.717) is 0 Å². The summed E-state index contributed by atoms with van der Waals surface area (Å²) in [7, 11) is 0. The maximum Gasteiger partial charge on any atom is 0.416 e. The van der Waals surface area contributed by atoms with Crippen LogP contribution in [0.1, 0.15) is 27.0 Å². The second kappa shape index (κ2) is 7.37. The molecule has 0 heterocycles. The lowest BCUT2D eigenvalue weighted by Crippen LogP contribution is -2.13. The number of carboxylic acids is 1. The van der Waals surface area contributed by atoms with E-state index in [1.807, 2.05) is 0 Å². The van der Waals surface area contributed by atoms with E-state index >= 15 is 0 Å². The Balaban J connectivity index is 2.48. The van der Waals surface area contributed by atoms with Gasteiger partial charge in [0.2, 0.25) is 11.6 Å². The number of carbonyl (C=O) groups is 1. The van der Waals surface area contributed by atoms with Crippen molar-refractivity contribution < 1.29 is 59.3 Å². The van der Waals surface area contributed by atoms with Crippen molar-refractivity contribution in [1.29, 1.82) is 0 Å². The molecule has 0 amide bonds. The molecule has 2 aromatic rings. The second-order valence-corrected chi connectivity index (χ2v) is 5.50. The van der Waals surface area contributed by atoms with Crippen molar-refractivity contribution in [2.75, 3.05) is 0 Å². The third-order valence-corrected chi connectivity index (χ3v) is 3.50. The first-order chi connectivity index (χ1) is 13.1. The van der Waals surface area contributed by atoms with Gasteiger partial charge in [-0.05, 0) is 23.8 Å². The predicted octanol–water partition coefficient (Wildman–Crippen LogP) is 5.12. The van der Waals surface area contributed by atoms with Gasteiger partial charge < -0.3 is 14.9 Å². The van der Waals surface area contributed by atoms with E-state index in [4.69, 9.17) is 5.11 Å². The van der Waals surface area contributed by atoms with Crippen LogP contribution >= 0.6 is 0 Å². The zero-order valence-electron chi connectivity index (χ0n) is 13.6. The summed E-state index contributed by atoms with van der Waals surface area (Å²) in [5.74, 6) is -12.4. The fraction of sp³-hybridized carbons (Fsp3) is 0.188. The number of aromatic carboxylic acids is 1. The van der Waals surface area contributed by atoms with Gasteiger partial charge in [-0.2, -0.15) is 35.1 Å². The molecule has 0 aliphatic carbocycles. The van der Waals surface area contributed by atoms with E-state index in [-0.39, 0.29) is 18.2 Å². The van der Waals surface area contributed by atoms with Crippen LogP contribution in [0.2, 0.25) is 0 Å². The quantitative estimate of drug-likeness (QED) is 0.518. The predicted molar refractivity (Wildman–Crippen MR) is 75.7 cm³/mol. The van der Waals surface area contributed by atoms with Crippen LogP contribution in [-0.2, 0) is 19.0 Å². The third-order valence-electron chi connectivity index (χ3n) is 3.50. The Morgan fingerprint density at radius 3 is 1.76 bits per heavy atom. The Hall–Kier alpha value is -3.12. The van der Waals surface area contributed by atoms with Gasteiger partial charge in [0.25, 0.3) is 0 Å². The maximum absolute atomic E-state index is 13.9. The summed E-state index contributed by atoms with van der Waals surface area (Å²) < 4.78 is 123. The number of halogens is 9. The van der Waals surface area contributed by atoms with Gasteiger partial charge in [-0.25, -0.2) is 9.18 Å². The highest BCUT2D eigenvalue weighted by molar-refractivity contribution is 5.91. The number of benzene rings is 2. The lowest BCUT2D eigenvalue weighted by atomic mass is 10.1. The summed E-state index contributed by atoms with van der Waals surface area (Å²) in [4.78, 5) is 10.7.